The molecule has 0 radical (unpaired) electrons. The van der Waals surface area contributed by atoms with E-state index < -0.39 is 0 Å². The van der Waals surface area contributed by atoms with E-state index in [9.17, 15) is 0 Å². The lowest BCUT2D eigenvalue weighted by atomic mass is 10.0. The number of nitrogens with zero attached hydrogens (tertiary/aromatic N) is 1. The van der Waals surface area contributed by atoms with E-state index in [-0.39, 0.29) is 0 Å². The predicted molar refractivity (Wildman–Crippen MR) is 78.3 cm³/mol. The topological polar surface area (TPSA) is 34.1 Å². The number of hydrogen-bond acceptors (Lipinski definition) is 3. The second kappa shape index (κ2) is 6.34. The summed E-state index contributed by atoms with van der Waals surface area (Å²) in [4.78, 5) is 4.23. The summed E-state index contributed by atoms with van der Waals surface area (Å²) in [5.41, 5.74) is 3.51. The summed E-state index contributed by atoms with van der Waals surface area (Å²) in [6.45, 7) is 4.78. The highest BCUT2D eigenvalue weighted by Crippen LogP contribution is 2.25. The molecule has 0 saturated carbocycles. The van der Waals surface area contributed by atoms with Crippen molar-refractivity contribution in [2.75, 3.05) is 13.7 Å². The van der Waals surface area contributed by atoms with Crippen LogP contribution in [0.25, 0.3) is 11.1 Å². The molecular formula is C16H20N2O. The van der Waals surface area contributed by atoms with Crippen molar-refractivity contribution in [3.63, 3.8) is 0 Å². The Bertz CT molecular complexity index is 540. The van der Waals surface area contributed by atoms with Gasteiger partial charge >= 0.3 is 0 Å². The molecule has 1 aromatic heterocycles. The third-order valence-corrected chi connectivity index (χ3v) is 3.18. The number of hydrogen-bond donors (Lipinski definition) is 1. The molecule has 100 valence electrons. The molecule has 0 spiro atoms. The van der Waals surface area contributed by atoms with Crippen LogP contribution < -0.4 is 10.1 Å². The van der Waals surface area contributed by atoms with Gasteiger partial charge in [-0.2, -0.15) is 0 Å². The van der Waals surface area contributed by atoms with Crippen molar-refractivity contribution in [2.45, 2.75) is 19.9 Å². The van der Waals surface area contributed by atoms with Crippen molar-refractivity contribution < 1.29 is 4.74 Å². The molecule has 3 nitrogen and oxygen atoms in total. The first-order valence-corrected chi connectivity index (χ1v) is 6.60. The van der Waals surface area contributed by atoms with Crippen LogP contribution in [0.3, 0.4) is 0 Å². The highest BCUT2D eigenvalue weighted by Gasteiger charge is 2.05. The molecule has 1 N–H and O–H groups in total. The molecule has 1 heterocycles. The minimum atomic E-state index is 0.336. The molecule has 0 amide bonds. The van der Waals surface area contributed by atoms with E-state index >= 15 is 0 Å². The monoisotopic (exact) mass is 256 g/mol. The fraction of sp³-hybridized carbons (Fsp3) is 0.312. The van der Waals surface area contributed by atoms with Crippen LogP contribution in [0.15, 0.2) is 42.7 Å². The van der Waals surface area contributed by atoms with Gasteiger partial charge < -0.3 is 10.1 Å². The Morgan fingerprint density at radius 3 is 2.79 bits per heavy atom. The van der Waals surface area contributed by atoms with Gasteiger partial charge in [0.25, 0.3) is 0 Å². The van der Waals surface area contributed by atoms with Crippen molar-refractivity contribution >= 4 is 0 Å². The molecule has 0 aliphatic rings. The lowest BCUT2D eigenvalue weighted by Gasteiger charge is -2.12. The number of ether oxygens (including phenoxy) is 1. The average molecular weight is 256 g/mol. The molecule has 2 aromatic rings. The zero-order valence-corrected chi connectivity index (χ0v) is 11.7. The van der Waals surface area contributed by atoms with Gasteiger partial charge in [0.15, 0.2) is 0 Å². The summed E-state index contributed by atoms with van der Waals surface area (Å²) in [6.07, 6.45) is 3.61. The van der Waals surface area contributed by atoms with Crippen LogP contribution in [0.2, 0.25) is 0 Å². The van der Waals surface area contributed by atoms with Crippen molar-refractivity contribution in [1.29, 1.82) is 0 Å². The van der Waals surface area contributed by atoms with Gasteiger partial charge in [0, 0.05) is 17.8 Å². The Morgan fingerprint density at radius 1 is 1.21 bits per heavy atom. The maximum Gasteiger partial charge on any atom is 0.138 e. The van der Waals surface area contributed by atoms with E-state index in [1.54, 1.807) is 6.20 Å². The Morgan fingerprint density at radius 2 is 2.05 bits per heavy atom. The minimum Gasteiger partial charge on any atom is -0.492 e. The summed E-state index contributed by atoms with van der Waals surface area (Å²) in [5, 5.41) is 3.25. The van der Waals surface area contributed by atoms with Gasteiger partial charge in [0.1, 0.15) is 5.75 Å². The van der Waals surface area contributed by atoms with E-state index in [1.807, 2.05) is 26.2 Å². The molecule has 3 heteroatoms. The molecule has 0 saturated heterocycles. The number of nitrogens with one attached hydrogen (secondary N) is 1. The quantitative estimate of drug-likeness (QED) is 0.890. The van der Waals surface area contributed by atoms with E-state index in [0.717, 1.165) is 16.9 Å². The summed E-state index contributed by atoms with van der Waals surface area (Å²) >= 11 is 0. The molecule has 2 rings (SSSR count). The standard InChI is InChI=1S/C16H20N2O/c1-4-19-16-9-15(10-18-11-16)14-7-5-6-13(8-14)12(2)17-3/h5-12,17H,4H2,1-3H3. The van der Waals surface area contributed by atoms with E-state index in [2.05, 4.69) is 41.5 Å². The van der Waals surface area contributed by atoms with Crippen LogP contribution >= 0.6 is 0 Å². The van der Waals surface area contributed by atoms with Crippen molar-refractivity contribution in [3.8, 4) is 16.9 Å². The zero-order chi connectivity index (χ0) is 13.7. The molecule has 0 aliphatic heterocycles. The molecular weight excluding hydrogens is 236 g/mol. The Kier molecular flexibility index (Phi) is 4.53. The molecule has 1 aromatic carbocycles. The van der Waals surface area contributed by atoms with Gasteiger partial charge in [-0.3, -0.25) is 4.98 Å². The van der Waals surface area contributed by atoms with E-state index in [1.165, 1.54) is 5.56 Å². The van der Waals surface area contributed by atoms with Crippen molar-refractivity contribution in [3.05, 3.63) is 48.3 Å². The maximum absolute atomic E-state index is 5.49. The Hall–Kier alpha value is -1.87. The van der Waals surface area contributed by atoms with Gasteiger partial charge in [0.05, 0.1) is 12.8 Å². The van der Waals surface area contributed by atoms with Crippen LogP contribution in [0.5, 0.6) is 5.75 Å². The highest BCUT2D eigenvalue weighted by molar-refractivity contribution is 5.64. The van der Waals surface area contributed by atoms with Crippen LogP contribution in [0, 0.1) is 0 Å². The number of benzene rings is 1. The van der Waals surface area contributed by atoms with Crippen LogP contribution in [0.4, 0.5) is 0 Å². The fourth-order valence-corrected chi connectivity index (χ4v) is 1.98. The fourth-order valence-electron chi connectivity index (χ4n) is 1.98. The molecule has 0 bridgehead atoms. The van der Waals surface area contributed by atoms with Crippen LogP contribution in [0.1, 0.15) is 25.5 Å². The van der Waals surface area contributed by atoms with Gasteiger partial charge in [-0.05, 0) is 44.2 Å². The number of pyridine rings is 1. The second-order valence-electron chi connectivity index (χ2n) is 4.48. The largest absolute Gasteiger partial charge is 0.492 e. The average Bonchev–Trinajstić information content (AvgIpc) is 2.47. The van der Waals surface area contributed by atoms with E-state index in [4.69, 9.17) is 4.74 Å². The van der Waals surface area contributed by atoms with Gasteiger partial charge in [-0.1, -0.05) is 18.2 Å². The second-order valence-corrected chi connectivity index (χ2v) is 4.48. The Balaban J connectivity index is 2.33. The third-order valence-electron chi connectivity index (χ3n) is 3.18. The molecule has 0 aliphatic carbocycles. The summed E-state index contributed by atoms with van der Waals surface area (Å²) < 4.78 is 5.49. The first kappa shape index (κ1) is 13.6. The third kappa shape index (κ3) is 3.32. The summed E-state index contributed by atoms with van der Waals surface area (Å²) in [6, 6.07) is 10.9. The van der Waals surface area contributed by atoms with Gasteiger partial charge in [-0.15, -0.1) is 0 Å². The first-order valence-electron chi connectivity index (χ1n) is 6.60. The molecule has 19 heavy (non-hydrogen) atoms. The van der Waals surface area contributed by atoms with Crippen LogP contribution in [-0.2, 0) is 0 Å². The SMILES string of the molecule is CCOc1cncc(-c2cccc(C(C)NC)c2)c1. The van der Waals surface area contributed by atoms with Crippen LogP contribution in [-0.4, -0.2) is 18.6 Å². The smallest absolute Gasteiger partial charge is 0.138 e. The highest BCUT2D eigenvalue weighted by atomic mass is 16.5. The molecule has 1 atom stereocenters. The van der Waals surface area contributed by atoms with Gasteiger partial charge in [0.2, 0.25) is 0 Å². The molecule has 1 unspecified atom stereocenters. The lowest BCUT2D eigenvalue weighted by molar-refractivity contribution is 0.339. The molecule has 0 fully saturated rings. The summed E-state index contributed by atoms with van der Waals surface area (Å²) in [5.74, 6) is 0.812. The van der Waals surface area contributed by atoms with E-state index in [0.29, 0.717) is 12.6 Å². The van der Waals surface area contributed by atoms with Crippen molar-refractivity contribution in [2.24, 2.45) is 0 Å². The lowest BCUT2D eigenvalue weighted by Crippen LogP contribution is -2.12. The van der Waals surface area contributed by atoms with Crippen molar-refractivity contribution in [1.82, 2.24) is 10.3 Å². The minimum absolute atomic E-state index is 0.336. The summed E-state index contributed by atoms with van der Waals surface area (Å²) in [7, 11) is 1.97. The normalized spacial score (nSPS) is 12.2. The number of rotatable bonds is 5. The maximum atomic E-state index is 5.49. The van der Waals surface area contributed by atoms with Gasteiger partial charge in [-0.25, -0.2) is 0 Å². The zero-order valence-electron chi connectivity index (χ0n) is 11.7. The predicted octanol–water partition coefficient (Wildman–Crippen LogP) is 3.43. The Labute approximate surface area is 114 Å². The number of aromatic nitrogens is 1. The first-order chi connectivity index (χ1) is 9.24.